The summed E-state index contributed by atoms with van der Waals surface area (Å²) in [5.74, 6) is -1.38. The Balaban J connectivity index is 1.89. The minimum Gasteiger partial charge on any atom is -0.478 e. The normalized spacial score (nSPS) is 15.7. The Morgan fingerprint density at radius 1 is 1.33 bits per heavy atom. The molecule has 1 aliphatic heterocycles. The molecule has 1 aromatic rings. The average Bonchev–Trinajstić information content (AvgIpc) is 2.48. The van der Waals surface area contributed by atoms with Gasteiger partial charge in [-0.2, -0.15) is 0 Å². The van der Waals surface area contributed by atoms with Gasteiger partial charge in [-0.1, -0.05) is 11.6 Å². The molecule has 0 aromatic heterocycles. The second-order valence-corrected chi connectivity index (χ2v) is 4.89. The van der Waals surface area contributed by atoms with Gasteiger partial charge in [-0.25, -0.2) is 15.2 Å². The Hall–Kier alpha value is -1.67. The zero-order valence-electron chi connectivity index (χ0n) is 11.3. The summed E-state index contributed by atoms with van der Waals surface area (Å²) in [7, 11) is 0. The number of anilines is 1. The number of hydrogen-bond acceptors (Lipinski definition) is 5. The smallest absolute Gasteiger partial charge is 0.335 e. The number of nitrogens with one attached hydrogen (secondary N) is 2. The zero-order chi connectivity index (χ0) is 15.2. The van der Waals surface area contributed by atoms with Crippen LogP contribution < -0.4 is 10.7 Å². The highest BCUT2D eigenvalue weighted by Gasteiger charge is 2.13. The van der Waals surface area contributed by atoms with Crippen LogP contribution in [0.4, 0.5) is 5.69 Å². The van der Waals surface area contributed by atoms with Crippen molar-refractivity contribution in [2.24, 2.45) is 0 Å². The molecule has 0 unspecified atom stereocenters. The van der Waals surface area contributed by atoms with Crippen molar-refractivity contribution in [3.05, 3.63) is 28.8 Å². The van der Waals surface area contributed by atoms with Crippen LogP contribution in [0.2, 0.25) is 5.02 Å². The second kappa shape index (κ2) is 7.37. The van der Waals surface area contributed by atoms with Gasteiger partial charge in [-0.15, -0.1) is 0 Å². The highest BCUT2D eigenvalue weighted by molar-refractivity contribution is 6.33. The van der Waals surface area contributed by atoms with Crippen molar-refractivity contribution >= 4 is 29.2 Å². The van der Waals surface area contributed by atoms with E-state index in [1.807, 2.05) is 5.01 Å². The third-order valence-corrected chi connectivity index (χ3v) is 3.29. The number of carboxylic acids is 1. The van der Waals surface area contributed by atoms with Crippen LogP contribution >= 0.6 is 11.6 Å². The van der Waals surface area contributed by atoms with Crippen molar-refractivity contribution in [1.82, 2.24) is 10.4 Å². The van der Waals surface area contributed by atoms with Gasteiger partial charge in [0.25, 0.3) is 0 Å². The maximum Gasteiger partial charge on any atom is 0.335 e. The molecule has 1 aliphatic rings. The molecule has 8 heteroatoms. The number of nitrogens with zero attached hydrogens (tertiary/aromatic N) is 1. The van der Waals surface area contributed by atoms with Crippen LogP contribution in [0.5, 0.6) is 0 Å². The molecule has 1 fully saturated rings. The van der Waals surface area contributed by atoms with Crippen molar-refractivity contribution < 1.29 is 19.4 Å². The van der Waals surface area contributed by atoms with Crippen molar-refractivity contribution in [1.29, 1.82) is 0 Å². The minimum atomic E-state index is -1.08. The van der Waals surface area contributed by atoms with Crippen molar-refractivity contribution in [2.45, 2.75) is 0 Å². The van der Waals surface area contributed by atoms with Gasteiger partial charge in [-0.05, 0) is 18.2 Å². The first-order valence-corrected chi connectivity index (χ1v) is 6.83. The third kappa shape index (κ3) is 4.68. The van der Waals surface area contributed by atoms with Gasteiger partial charge in [0.15, 0.2) is 0 Å². The van der Waals surface area contributed by atoms with Crippen LogP contribution in [-0.4, -0.2) is 54.8 Å². The summed E-state index contributed by atoms with van der Waals surface area (Å²) in [4.78, 5) is 22.7. The number of carbonyl (C=O) groups excluding carboxylic acids is 1. The van der Waals surface area contributed by atoms with Crippen molar-refractivity contribution in [3.63, 3.8) is 0 Å². The lowest BCUT2D eigenvalue weighted by atomic mass is 10.2. The SMILES string of the molecule is O=C(CNN1CCOCC1)Nc1cc(C(=O)O)ccc1Cl. The van der Waals surface area contributed by atoms with Crippen LogP contribution in [0.1, 0.15) is 10.4 Å². The first-order valence-electron chi connectivity index (χ1n) is 6.45. The molecular weight excluding hydrogens is 298 g/mol. The molecule has 0 saturated carbocycles. The molecule has 1 aromatic carbocycles. The maximum absolute atomic E-state index is 11.9. The van der Waals surface area contributed by atoms with Crippen LogP contribution in [0.15, 0.2) is 18.2 Å². The number of halogens is 1. The predicted octanol–water partition coefficient (Wildman–Crippen LogP) is 0.814. The van der Waals surface area contributed by atoms with Crippen LogP contribution in [-0.2, 0) is 9.53 Å². The molecule has 0 spiro atoms. The van der Waals surface area contributed by atoms with E-state index in [-0.39, 0.29) is 23.7 Å². The highest BCUT2D eigenvalue weighted by atomic mass is 35.5. The summed E-state index contributed by atoms with van der Waals surface area (Å²) in [5.41, 5.74) is 3.33. The summed E-state index contributed by atoms with van der Waals surface area (Å²) in [6, 6.07) is 4.15. The second-order valence-electron chi connectivity index (χ2n) is 4.48. The maximum atomic E-state index is 11.9. The molecular formula is C13H16ClN3O4. The highest BCUT2D eigenvalue weighted by Crippen LogP contribution is 2.22. The molecule has 2 rings (SSSR count). The van der Waals surface area contributed by atoms with E-state index in [2.05, 4.69) is 10.7 Å². The van der Waals surface area contributed by atoms with E-state index in [1.165, 1.54) is 18.2 Å². The molecule has 0 aliphatic carbocycles. The molecule has 114 valence electrons. The summed E-state index contributed by atoms with van der Waals surface area (Å²) in [6.07, 6.45) is 0. The van der Waals surface area contributed by atoms with Gasteiger partial charge in [0.1, 0.15) is 0 Å². The number of carbonyl (C=O) groups is 2. The van der Waals surface area contributed by atoms with E-state index in [0.717, 1.165) is 0 Å². The molecule has 0 radical (unpaired) electrons. The topological polar surface area (TPSA) is 90.9 Å². The van der Waals surface area contributed by atoms with Crippen LogP contribution in [0.25, 0.3) is 0 Å². The summed E-state index contributed by atoms with van der Waals surface area (Å²) < 4.78 is 5.20. The summed E-state index contributed by atoms with van der Waals surface area (Å²) in [5, 5.41) is 13.7. The Bertz CT molecular complexity index is 532. The van der Waals surface area contributed by atoms with E-state index >= 15 is 0 Å². The first kappa shape index (κ1) is 15.7. The number of morpholine rings is 1. The number of amides is 1. The molecule has 0 atom stereocenters. The van der Waals surface area contributed by atoms with Gasteiger partial charge < -0.3 is 15.2 Å². The van der Waals surface area contributed by atoms with E-state index in [0.29, 0.717) is 31.3 Å². The molecule has 7 nitrogen and oxygen atoms in total. The minimum absolute atomic E-state index is 0.0656. The average molecular weight is 314 g/mol. The van der Waals surface area contributed by atoms with Gasteiger partial charge >= 0.3 is 5.97 Å². The van der Waals surface area contributed by atoms with Gasteiger partial charge in [0.05, 0.1) is 36.0 Å². The molecule has 3 N–H and O–H groups in total. The Morgan fingerprint density at radius 2 is 2.05 bits per heavy atom. The fourth-order valence-electron chi connectivity index (χ4n) is 1.85. The van der Waals surface area contributed by atoms with E-state index in [4.69, 9.17) is 21.4 Å². The van der Waals surface area contributed by atoms with Crippen molar-refractivity contribution in [2.75, 3.05) is 38.2 Å². The fraction of sp³-hybridized carbons (Fsp3) is 0.385. The lowest BCUT2D eigenvalue weighted by Gasteiger charge is -2.26. The Kier molecular flexibility index (Phi) is 5.51. The number of carboxylic acid groups (broad SMARTS) is 1. The van der Waals surface area contributed by atoms with Gasteiger partial charge in [0.2, 0.25) is 5.91 Å². The zero-order valence-corrected chi connectivity index (χ0v) is 12.0. The number of hydrazine groups is 1. The Morgan fingerprint density at radius 3 is 2.71 bits per heavy atom. The van der Waals surface area contributed by atoms with E-state index in [9.17, 15) is 9.59 Å². The number of benzene rings is 1. The molecule has 1 saturated heterocycles. The molecule has 1 amide bonds. The largest absolute Gasteiger partial charge is 0.478 e. The van der Waals surface area contributed by atoms with Crippen LogP contribution in [0, 0.1) is 0 Å². The lowest BCUT2D eigenvalue weighted by molar-refractivity contribution is -0.116. The standard InChI is InChI=1S/C13H16ClN3O4/c14-10-2-1-9(13(19)20)7-11(10)16-12(18)8-15-17-3-5-21-6-4-17/h1-2,7,15H,3-6,8H2,(H,16,18)(H,19,20). The first-order chi connectivity index (χ1) is 10.1. The number of aromatic carboxylic acids is 1. The number of ether oxygens (including phenoxy) is 1. The van der Waals surface area contributed by atoms with Crippen LogP contribution in [0.3, 0.4) is 0 Å². The molecule has 1 heterocycles. The van der Waals surface area contributed by atoms with Gasteiger partial charge in [0, 0.05) is 13.1 Å². The fourth-order valence-corrected chi connectivity index (χ4v) is 2.02. The predicted molar refractivity (Wildman–Crippen MR) is 77.4 cm³/mol. The van der Waals surface area contributed by atoms with Gasteiger partial charge in [-0.3, -0.25) is 4.79 Å². The molecule has 21 heavy (non-hydrogen) atoms. The van der Waals surface area contributed by atoms with E-state index in [1.54, 1.807) is 0 Å². The molecule has 0 bridgehead atoms. The number of hydrogen-bond donors (Lipinski definition) is 3. The quantitative estimate of drug-likeness (QED) is 0.745. The number of rotatable bonds is 5. The van der Waals surface area contributed by atoms with Crippen molar-refractivity contribution in [3.8, 4) is 0 Å². The Labute approximate surface area is 126 Å². The third-order valence-electron chi connectivity index (χ3n) is 2.96. The lowest BCUT2D eigenvalue weighted by Crippen LogP contribution is -2.48. The monoisotopic (exact) mass is 313 g/mol. The summed E-state index contributed by atoms with van der Waals surface area (Å²) in [6.45, 7) is 2.75. The van der Waals surface area contributed by atoms with E-state index < -0.39 is 5.97 Å². The summed E-state index contributed by atoms with van der Waals surface area (Å²) >= 11 is 5.94.